The fourth-order valence-corrected chi connectivity index (χ4v) is 4.23. The summed E-state index contributed by atoms with van der Waals surface area (Å²) in [6, 6.07) is 14.6. The largest absolute Gasteiger partial charge is 0.343 e. The average Bonchev–Trinajstić information content (AvgIpc) is 2.74. The Bertz CT molecular complexity index is 956. The Kier molecular flexibility index (Phi) is 9.52. The Hall–Kier alpha value is -2.87. The van der Waals surface area contributed by atoms with Gasteiger partial charge in [0, 0.05) is 31.6 Å². The van der Waals surface area contributed by atoms with Gasteiger partial charge in [0.05, 0.1) is 10.6 Å². The van der Waals surface area contributed by atoms with Gasteiger partial charge in [-0.05, 0) is 49.6 Å². The second-order valence-corrected chi connectivity index (χ2v) is 8.96. The van der Waals surface area contributed by atoms with Gasteiger partial charge in [0.25, 0.3) is 10.0 Å². The quantitative estimate of drug-likeness (QED) is 0.511. The molecule has 0 aliphatic carbocycles. The summed E-state index contributed by atoms with van der Waals surface area (Å²) in [7, 11) is -3.70. The molecule has 0 bridgehead atoms. The zero-order valence-corrected chi connectivity index (χ0v) is 19.0. The molecule has 0 unspecified atom stereocenters. The van der Waals surface area contributed by atoms with Gasteiger partial charge in [-0.2, -0.15) is 0 Å². The number of hydrogen-bond donors (Lipinski definition) is 2. The van der Waals surface area contributed by atoms with E-state index in [9.17, 15) is 18.0 Å². The number of sulfonamides is 1. The van der Waals surface area contributed by atoms with Crippen LogP contribution in [0.3, 0.4) is 0 Å². The van der Waals surface area contributed by atoms with E-state index in [1.54, 1.807) is 42.5 Å². The Morgan fingerprint density at radius 1 is 0.871 bits per heavy atom. The summed E-state index contributed by atoms with van der Waals surface area (Å²) in [5.74, 6) is -0.137. The second kappa shape index (κ2) is 12.1. The zero-order chi connectivity index (χ0) is 22.7. The number of rotatable bonds is 12. The summed E-state index contributed by atoms with van der Waals surface area (Å²) >= 11 is 0. The van der Waals surface area contributed by atoms with Crippen LogP contribution in [-0.4, -0.2) is 38.2 Å². The zero-order valence-electron chi connectivity index (χ0n) is 18.1. The van der Waals surface area contributed by atoms with Gasteiger partial charge >= 0.3 is 0 Å². The van der Waals surface area contributed by atoms with Crippen molar-refractivity contribution in [2.75, 3.05) is 23.1 Å². The summed E-state index contributed by atoms with van der Waals surface area (Å²) in [6.45, 7) is 5.56. The van der Waals surface area contributed by atoms with Gasteiger partial charge in [0.15, 0.2) is 0 Å². The van der Waals surface area contributed by atoms with Crippen molar-refractivity contribution in [1.82, 2.24) is 4.90 Å². The first-order chi connectivity index (χ1) is 14.9. The first-order valence-corrected chi connectivity index (χ1v) is 12.1. The average molecular weight is 446 g/mol. The van der Waals surface area contributed by atoms with Crippen molar-refractivity contribution < 1.29 is 18.0 Å². The molecule has 168 valence electrons. The van der Waals surface area contributed by atoms with Crippen LogP contribution in [0.1, 0.15) is 46.0 Å². The van der Waals surface area contributed by atoms with Gasteiger partial charge in [-0.15, -0.1) is 0 Å². The van der Waals surface area contributed by atoms with Crippen molar-refractivity contribution in [3.63, 3.8) is 0 Å². The first-order valence-electron chi connectivity index (χ1n) is 10.6. The molecule has 0 saturated heterocycles. The van der Waals surface area contributed by atoms with E-state index in [4.69, 9.17) is 0 Å². The van der Waals surface area contributed by atoms with Crippen LogP contribution < -0.4 is 10.0 Å². The number of amides is 2. The summed E-state index contributed by atoms with van der Waals surface area (Å²) < 4.78 is 27.4. The number of hydrogen-bond acceptors (Lipinski definition) is 4. The lowest BCUT2D eigenvalue weighted by Crippen LogP contribution is -2.32. The highest BCUT2D eigenvalue weighted by atomic mass is 32.2. The lowest BCUT2D eigenvalue weighted by atomic mass is 10.2. The van der Waals surface area contributed by atoms with E-state index in [1.807, 2.05) is 18.7 Å². The Morgan fingerprint density at radius 2 is 1.52 bits per heavy atom. The highest BCUT2D eigenvalue weighted by Crippen LogP contribution is 2.20. The summed E-state index contributed by atoms with van der Waals surface area (Å²) in [4.78, 5) is 26.6. The van der Waals surface area contributed by atoms with Crippen molar-refractivity contribution >= 4 is 33.2 Å². The normalized spacial score (nSPS) is 11.0. The van der Waals surface area contributed by atoms with Gasteiger partial charge in [0.2, 0.25) is 11.8 Å². The van der Waals surface area contributed by atoms with Crippen molar-refractivity contribution in [2.45, 2.75) is 50.8 Å². The number of carbonyl (C=O) groups excluding carboxylic acids is 2. The fourth-order valence-electron chi connectivity index (χ4n) is 3.16. The predicted molar refractivity (Wildman–Crippen MR) is 123 cm³/mol. The Labute approximate surface area is 184 Å². The fraction of sp³-hybridized carbons (Fsp3) is 0.391. The van der Waals surface area contributed by atoms with Crippen LogP contribution in [0.5, 0.6) is 0 Å². The molecule has 0 spiro atoms. The van der Waals surface area contributed by atoms with Crippen LogP contribution in [-0.2, 0) is 19.6 Å². The summed E-state index contributed by atoms with van der Waals surface area (Å²) in [5, 5.41) is 2.76. The minimum absolute atomic E-state index is 0.0776. The monoisotopic (exact) mass is 445 g/mol. The van der Waals surface area contributed by atoms with Crippen LogP contribution >= 0.6 is 0 Å². The maximum atomic E-state index is 12.5. The van der Waals surface area contributed by atoms with Crippen LogP contribution in [0.15, 0.2) is 59.5 Å². The van der Waals surface area contributed by atoms with E-state index in [0.717, 1.165) is 25.9 Å². The highest BCUT2D eigenvalue weighted by Gasteiger charge is 2.15. The molecule has 0 saturated carbocycles. The van der Waals surface area contributed by atoms with Crippen molar-refractivity contribution in [3.05, 3.63) is 54.6 Å². The molecule has 0 aromatic heterocycles. The molecular formula is C23H31N3O4S. The smallest absolute Gasteiger partial charge is 0.261 e. The molecule has 0 atom stereocenters. The maximum absolute atomic E-state index is 12.5. The molecule has 2 rings (SSSR count). The molecule has 0 aliphatic heterocycles. The second-order valence-electron chi connectivity index (χ2n) is 7.28. The van der Waals surface area contributed by atoms with E-state index in [-0.39, 0.29) is 23.1 Å². The molecule has 2 amide bonds. The first kappa shape index (κ1) is 24.4. The Balaban J connectivity index is 1.88. The van der Waals surface area contributed by atoms with E-state index in [0.29, 0.717) is 24.2 Å². The lowest BCUT2D eigenvalue weighted by Gasteiger charge is -2.21. The van der Waals surface area contributed by atoms with Crippen LogP contribution in [0, 0.1) is 0 Å². The van der Waals surface area contributed by atoms with Gasteiger partial charge in [0.1, 0.15) is 0 Å². The number of anilines is 2. The van der Waals surface area contributed by atoms with Crippen molar-refractivity contribution in [2.24, 2.45) is 0 Å². The van der Waals surface area contributed by atoms with Gasteiger partial charge in [-0.1, -0.05) is 38.1 Å². The number of benzene rings is 2. The van der Waals surface area contributed by atoms with Gasteiger partial charge < -0.3 is 10.2 Å². The summed E-state index contributed by atoms with van der Waals surface area (Å²) in [5.41, 5.74) is 0.842. The molecule has 7 nitrogen and oxygen atoms in total. The van der Waals surface area contributed by atoms with Gasteiger partial charge in [-0.3, -0.25) is 14.3 Å². The van der Waals surface area contributed by atoms with Crippen LogP contribution in [0.2, 0.25) is 0 Å². The van der Waals surface area contributed by atoms with E-state index in [2.05, 4.69) is 10.0 Å². The van der Waals surface area contributed by atoms with Crippen LogP contribution in [0.25, 0.3) is 0 Å². The topological polar surface area (TPSA) is 95.6 Å². The minimum atomic E-state index is -3.70. The van der Waals surface area contributed by atoms with E-state index in [1.165, 1.54) is 12.1 Å². The predicted octanol–water partition coefficient (Wildman–Crippen LogP) is 4.24. The lowest BCUT2D eigenvalue weighted by molar-refractivity contribution is -0.131. The molecular weight excluding hydrogens is 414 g/mol. The van der Waals surface area contributed by atoms with Crippen LogP contribution in [0.4, 0.5) is 11.4 Å². The molecule has 8 heteroatoms. The number of nitrogens with one attached hydrogen (secondary N) is 2. The summed E-state index contributed by atoms with van der Waals surface area (Å²) in [6.07, 6.45) is 2.85. The van der Waals surface area contributed by atoms with Crippen molar-refractivity contribution in [1.29, 1.82) is 0 Å². The molecule has 0 radical (unpaired) electrons. The maximum Gasteiger partial charge on any atom is 0.261 e. The molecule has 2 N–H and O–H groups in total. The van der Waals surface area contributed by atoms with Gasteiger partial charge in [-0.25, -0.2) is 8.42 Å². The number of nitrogens with zero attached hydrogens (tertiary/aromatic N) is 1. The highest BCUT2D eigenvalue weighted by molar-refractivity contribution is 7.92. The molecule has 0 heterocycles. The molecule has 2 aromatic carbocycles. The van der Waals surface area contributed by atoms with E-state index >= 15 is 0 Å². The Morgan fingerprint density at radius 3 is 2.16 bits per heavy atom. The molecule has 0 aliphatic rings. The number of carbonyl (C=O) groups is 2. The molecule has 2 aromatic rings. The van der Waals surface area contributed by atoms with Crippen molar-refractivity contribution in [3.8, 4) is 0 Å². The minimum Gasteiger partial charge on any atom is -0.343 e. The third kappa shape index (κ3) is 8.05. The SMILES string of the molecule is CCCN(CCC)C(=O)CCCC(=O)Nc1cccc(NS(=O)(=O)c2ccccc2)c1. The third-order valence-electron chi connectivity index (χ3n) is 4.59. The molecule has 31 heavy (non-hydrogen) atoms. The third-order valence-corrected chi connectivity index (χ3v) is 5.98. The standard InChI is InChI=1S/C23H31N3O4S/c1-3-16-26(17-4-2)23(28)15-9-14-22(27)24-19-10-8-11-20(18-19)25-31(29,30)21-12-6-5-7-13-21/h5-8,10-13,18,25H,3-4,9,14-17H2,1-2H3,(H,24,27). The molecule has 0 fully saturated rings. The van der Waals surface area contributed by atoms with E-state index < -0.39 is 10.0 Å².